The highest BCUT2D eigenvalue weighted by atomic mass is 35.5. The lowest BCUT2D eigenvalue weighted by molar-refractivity contribution is 0.122. The van der Waals surface area contributed by atoms with Gasteiger partial charge in [0.25, 0.3) is 0 Å². The molecular formula is C24H23Cl3N2O2. The van der Waals surface area contributed by atoms with Crippen LogP contribution in [0.15, 0.2) is 60.7 Å². The maximum absolute atomic E-state index is 6.55. The molecule has 162 valence electrons. The molecule has 0 aliphatic carbocycles. The second-order valence-corrected chi connectivity index (χ2v) is 8.57. The average molecular weight is 478 g/mol. The van der Waals surface area contributed by atoms with Crippen LogP contribution in [-0.2, 0) is 17.9 Å². The summed E-state index contributed by atoms with van der Waals surface area (Å²) < 4.78 is 11.5. The molecular weight excluding hydrogens is 455 g/mol. The molecule has 3 aromatic rings. The zero-order chi connectivity index (χ0) is 21.6. The highest BCUT2D eigenvalue weighted by Gasteiger charge is 2.14. The Balaban J connectivity index is 1.43. The van der Waals surface area contributed by atoms with Crippen molar-refractivity contribution in [1.29, 1.82) is 0 Å². The Bertz CT molecular complexity index is 1040. The fourth-order valence-electron chi connectivity index (χ4n) is 3.49. The number of hydrogen-bond donors (Lipinski definition) is 1. The molecule has 1 aliphatic heterocycles. The standard InChI is InChI=1S/C24H23Cl3N2O2/c25-19-3-1-2-17(12-19)16-31-24-7-4-20(26)13-18(24)15-28-21-5-6-23(22(27)14-21)29-8-10-30-11-9-29/h1-7,12-14,28H,8-11,15-16H2. The Morgan fingerprint density at radius 3 is 2.48 bits per heavy atom. The fraction of sp³-hybridized carbons (Fsp3) is 0.250. The van der Waals surface area contributed by atoms with Crippen molar-refractivity contribution in [3.63, 3.8) is 0 Å². The molecule has 1 fully saturated rings. The number of ether oxygens (including phenoxy) is 2. The van der Waals surface area contributed by atoms with Crippen molar-refractivity contribution < 1.29 is 9.47 Å². The van der Waals surface area contributed by atoms with Crippen molar-refractivity contribution in [2.75, 3.05) is 36.5 Å². The van der Waals surface area contributed by atoms with Gasteiger partial charge in [-0.2, -0.15) is 0 Å². The van der Waals surface area contributed by atoms with E-state index >= 15 is 0 Å². The van der Waals surface area contributed by atoms with E-state index in [9.17, 15) is 0 Å². The van der Waals surface area contributed by atoms with E-state index < -0.39 is 0 Å². The molecule has 1 N–H and O–H groups in total. The normalized spacial score (nSPS) is 13.8. The summed E-state index contributed by atoms with van der Waals surface area (Å²) in [5.74, 6) is 0.771. The first kappa shape index (κ1) is 22.1. The van der Waals surface area contributed by atoms with Gasteiger partial charge in [-0.1, -0.05) is 46.9 Å². The fourth-order valence-corrected chi connectivity index (χ4v) is 4.20. The van der Waals surface area contributed by atoms with Gasteiger partial charge < -0.3 is 19.7 Å². The second-order valence-electron chi connectivity index (χ2n) is 7.29. The number of nitrogens with one attached hydrogen (secondary N) is 1. The quantitative estimate of drug-likeness (QED) is 0.412. The van der Waals surface area contributed by atoms with Gasteiger partial charge in [-0.15, -0.1) is 0 Å². The Labute approximate surface area is 197 Å². The van der Waals surface area contributed by atoms with Crippen LogP contribution in [0, 0.1) is 0 Å². The first-order valence-electron chi connectivity index (χ1n) is 10.1. The minimum Gasteiger partial charge on any atom is -0.489 e. The molecule has 0 radical (unpaired) electrons. The maximum atomic E-state index is 6.55. The SMILES string of the molecule is Clc1cccc(COc2ccc(Cl)cc2CNc2ccc(N3CCOCC3)c(Cl)c2)c1. The van der Waals surface area contributed by atoms with Crippen molar-refractivity contribution in [3.8, 4) is 5.75 Å². The van der Waals surface area contributed by atoms with Crippen molar-refractivity contribution in [1.82, 2.24) is 0 Å². The summed E-state index contributed by atoms with van der Waals surface area (Å²) in [6, 6.07) is 19.3. The van der Waals surface area contributed by atoms with E-state index in [-0.39, 0.29) is 0 Å². The molecule has 0 saturated carbocycles. The molecule has 1 saturated heterocycles. The minimum absolute atomic E-state index is 0.426. The molecule has 1 heterocycles. The van der Waals surface area contributed by atoms with Crippen LogP contribution in [-0.4, -0.2) is 26.3 Å². The molecule has 7 heteroatoms. The molecule has 0 unspecified atom stereocenters. The van der Waals surface area contributed by atoms with Crippen LogP contribution < -0.4 is 15.0 Å². The van der Waals surface area contributed by atoms with E-state index in [0.717, 1.165) is 59.6 Å². The van der Waals surface area contributed by atoms with Gasteiger partial charge in [-0.25, -0.2) is 0 Å². The van der Waals surface area contributed by atoms with Gasteiger partial charge in [0.1, 0.15) is 12.4 Å². The largest absolute Gasteiger partial charge is 0.489 e. The van der Waals surface area contributed by atoms with Gasteiger partial charge >= 0.3 is 0 Å². The molecule has 0 bridgehead atoms. The number of anilines is 2. The first-order valence-corrected chi connectivity index (χ1v) is 11.2. The van der Waals surface area contributed by atoms with Crippen LogP contribution in [0.5, 0.6) is 5.75 Å². The van der Waals surface area contributed by atoms with Gasteiger partial charge in [0, 0.05) is 40.9 Å². The summed E-state index contributed by atoms with van der Waals surface area (Å²) in [7, 11) is 0. The van der Waals surface area contributed by atoms with Crippen molar-refractivity contribution in [2.24, 2.45) is 0 Å². The summed E-state index contributed by atoms with van der Waals surface area (Å²) in [5, 5.41) is 5.49. The number of halogens is 3. The van der Waals surface area contributed by atoms with E-state index in [0.29, 0.717) is 23.2 Å². The van der Waals surface area contributed by atoms with Gasteiger partial charge in [-0.3, -0.25) is 0 Å². The topological polar surface area (TPSA) is 33.7 Å². The van der Waals surface area contributed by atoms with Crippen molar-refractivity contribution in [2.45, 2.75) is 13.2 Å². The molecule has 3 aromatic carbocycles. The second kappa shape index (κ2) is 10.5. The summed E-state index contributed by atoms with van der Waals surface area (Å²) in [5.41, 5.74) is 3.93. The predicted octanol–water partition coefficient (Wildman–Crippen LogP) is 6.67. The van der Waals surface area contributed by atoms with E-state index in [1.807, 2.05) is 60.7 Å². The molecule has 0 atom stereocenters. The minimum atomic E-state index is 0.426. The Hall–Kier alpha value is -2.11. The van der Waals surface area contributed by atoms with Crippen molar-refractivity contribution >= 4 is 46.2 Å². The van der Waals surface area contributed by atoms with E-state index in [1.54, 1.807) is 0 Å². The lowest BCUT2D eigenvalue weighted by Crippen LogP contribution is -2.36. The Morgan fingerprint density at radius 1 is 0.903 bits per heavy atom. The number of hydrogen-bond acceptors (Lipinski definition) is 4. The molecule has 31 heavy (non-hydrogen) atoms. The summed E-state index contributed by atoms with van der Waals surface area (Å²) in [6.45, 7) is 4.13. The Kier molecular flexibility index (Phi) is 7.46. The number of nitrogens with zero attached hydrogens (tertiary/aromatic N) is 1. The smallest absolute Gasteiger partial charge is 0.124 e. The van der Waals surface area contributed by atoms with E-state index in [4.69, 9.17) is 44.3 Å². The lowest BCUT2D eigenvalue weighted by atomic mass is 10.2. The predicted molar refractivity (Wildman–Crippen MR) is 129 cm³/mol. The number of morpholine rings is 1. The van der Waals surface area contributed by atoms with Crippen LogP contribution in [0.2, 0.25) is 15.1 Å². The van der Waals surface area contributed by atoms with Gasteiger partial charge in [-0.05, 0) is 54.1 Å². The van der Waals surface area contributed by atoms with Gasteiger partial charge in [0.05, 0.1) is 23.9 Å². The summed E-state index contributed by atoms with van der Waals surface area (Å²) >= 11 is 18.8. The summed E-state index contributed by atoms with van der Waals surface area (Å²) in [4.78, 5) is 2.24. The van der Waals surface area contributed by atoms with Crippen LogP contribution >= 0.6 is 34.8 Å². The van der Waals surface area contributed by atoms with E-state index in [2.05, 4.69) is 10.2 Å². The summed E-state index contributed by atoms with van der Waals surface area (Å²) in [6.07, 6.45) is 0. The monoisotopic (exact) mass is 476 g/mol. The molecule has 0 amide bonds. The highest BCUT2D eigenvalue weighted by Crippen LogP contribution is 2.31. The molecule has 4 nitrogen and oxygen atoms in total. The lowest BCUT2D eigenvalue weighted by Gasteiger charge is -2.29. The first-order chi connectivity index (χ1) is 15.1. The third-order valence-corrected chi connectivity index (χ3v) is 5.86. The van der Waals surface area contributed by atoms with Crippen LogP contribution in [0.4, 0.5) is 11.4 Å². The molecule has 0 spiro atoms. The third-order valence-electron chi connectivity index (χ3n) is 5.09. The average Bonchev–Trinajstić information content (AvgIpc) is 2.78. The van der Waals surface area contributed by atoms with Crippen LogP contribution in [0.3, 0.4) is 0 Å². The third kappa shape index (κ3) is 5.98. The van der Waals surface area contributed by atoms with Gasteiger partial charge in [0.15, 0.2) is 0 Å². The molecule has 0 aromatic heterocycles. The number of rotatable bonds is 7. The Morgan fingerprint density at radius 2 is 1.71 bits per heavy atom. The highest BCUT2D eigenvalue weighted by molar-refractivity contribution is 6.33. The zero-order valence-corrected chi connectivity index (χ0v) is 19.2. The van der Waals surface area contributed by atoms with Gasteiger partial charge in [0.2, 0.25) is 0 Å². The molecule has 1 aliphatic rings. The van der Waals surface area contributed by atoms with E-state index in [1.165, 1.54) is 0 Å². The number of benzene rings is 3. The molecule has 4 rings (SSSR count). The maximum Gasteiger partial charge on any atom is 0.124 e. The zero-order valence-electron chi connectivity index (χ0n) is 16.9. The van der Waals surface area contributed by atoms with Crippen LogP contribution in [0.25, 0.3) is 0 Å². The van der Waals surface area contributed by atoms with Crippen molar-refractivity contribution in [3.05, 3.63) is 86.9 Å². The van der Waals surface area contributed by atoms with Crippen LogP contribution in [0.1, 0.15) is 11.1 Å².